The van der Waals surface area contributed by atoms with Crippen molar-refractivity contribution >= 4 is 27.3 Å². The smallest absolute Gasteiger partial charge is 0.311 e. The highest BCUT2D eigenvalue weighted by atomic mass is 79.9. The number of pyridine rings is 1. The van der Waals surface area contributed by atoms with Gasteiger partial charge in [0.05, 0.1) is 15.0 Å². The van der Waals surface area contributed by atoms with E-state index in [4.69, 9.17) is 4.74 Å². The summed E-state index contributed by atoms with van der Waals surface area (Å²) in [6.45, 7) is 4.92. The van der Waals surface area contributed by atoms with Crippen molar-refractivity contribution < 1.29 is 9.66 Å². The molecule has 1 aliphatic rings. The van der Waals surface area contributed by atoms with Crippen molar-refractivity contribution in [1.82, 2.24) is 4.98 Å². The van der Waals surface area contributed by atoms with E-state index < -0.39 is 4.92 Å². The lowest BCUT2D eigenvalue weighted by Crippen LogP contribution is -2.43. The average molecular weight is 358 g/mol. The molecule has 1 unspecified atom stereocenters. The summed E-state index contributed by atoms with van der Waals surface area (Å²) in [5.74, 6) is 0. The van der Waals surface area contributed by atoms with Crippen molar-refractivity contribution in [3.8, 4) is 0 Å². The van der Waals surface area contributed by atoms with Crippen LogP contribution in [0.1, 0.15) is 39.5 Å². The highest BCUT2D eigenvalue weighted by molar-refractivity contribution is 9.10. The lowest BCUT2D eigenvalue weighted by molar-refractivity contribution is -0.384. The van der Waals surface area contributed by atoms with Crippen molar-refractivity contribution in [2.24, 2.45) is 0 Å². The maximum absolute atomic E-state index is 11.1. The van der Waals surface area contributed by atoms with E-state index in [1.807, 2.05) is 0 Å². The molecule has 0 aromatic carbocycles. The van der Waals surface area contributed by atoms with Gasteiger partial charge in [-0.05, 0) is 41.6 Å². The van der Waals surface area contributed by atoms with Crippen molar-refractivity contribution in [1.29, 1.82) is 0 Å². The van der Waals surface area contributed by atoms with E-state index >= 15 is 0 Å². The summed E-state index contributed by atoms with van der Waals surface area (Å²) in [6, 6.07) is 0.163. The van der Waals surface area contributed by atoms with E-state index in [2.05, 4.69) is 40.1 Å². The topological polar surface area (TPSA) is 77.3 Å². The van der Waals surface area contributed by atoms with Crippen LogP contribution in [-0.4, -0.2) is 28.2 Å². The van der Waals surface area contributed by atoms with Gasteiger partial charge in [0.25, 0.3) is 0 Å². The van der Waals surface area contributed by atoms with E-state index in [-0.39, 0.29) is 17.3 Å². The molecule has 7 heteroatoms. The fourth-order valence-corrected chi connectivity index (χ4v) is 3.24. The first-order chi connectivity index (χ1) is 10.0. The number of halogens is 1. The predicted octanol–water partition coefficient (Wildman–Crippen LogP) is 3.90. The molecule has 0 aliphatic carbocycles. The molecule has 0 radical (unpaired) electrons. The Morgan fingerprint density at radius 2 is 2.24 bits per heavy atom. The Bertz CT molecular complexity index is 520. The van der Waals surface area contributed by atoms with Crippen LogP contribution in [0, 0.1) is 10.1 Å². The van der Waals surface area contributed by atoms with E-state index in [1.165, 1.54) is 6.20 Å². The van der Waals surface area contributed by atoms with Crippen LogP contribution < -0.4 is 5.32 Å². The lowest BCUT2D eigenvalue weighted by Gasteiger charge is -2.40. The first-order valence-electron chi connectivity index (χ1n) is 7.19. The van der Waals surface area contributed by atoms with Crippen molar-refractivity contribution in [3.05, 3.63) is 27.0 Å². The summed E-state index contributed by atoms with van der Waals surface area (Å²) >= 11 is 3.34. The van der Waals surface area contributed by atoms with E-state index in [0.717, 1.165) is 25.7 Å². The fraction of sp³-hybridized carbons (Fsp3) is 0.643. The Labute approximate surface area is 132 Å². The Morgan fingerprint density at radius 3 is 2.86 bits per heavy atom. The predicted molar refractivity (Wildman–Crippen MR) is 84.5 cm³/mol. The molecule has 0 amide bonds. The van der Waals surface area contributed by atoms with Crippen molar-refractivity contribution in [2.45, 2.75) is 51.2 Å². The molecule has 1 aliphatic heterocycles. The molecule has 116 valence electrons. The number of hydrogen-bond acceptors (Lipinski definition) is 5. The number of anilines is 1. The van der Waals surface area contributed by atoms with E-state index in [1.54, 1.807) is 6.20 Å². The van der Waals surface area contributed by atoms with Crippen LogP contribution in [0.25, 0.3) is 0 Å². The zero-order valence-corrected chi connectivity index (χ0v) is 13.9. The van der Waals surface area contributed by atoms with Crippen molar-refractivity contribution in [2.75, 3.05) is 11.9 Å². The summed E-state index contributed by atoms with van der Waals surface area (Å²) in [4.78, 5) is 14.6. The first kappa shape index (κ1) is 16.2. The van der Waals surface area contributed by atoms with Gasteiger partial charge in [-0.1, -0.05) is 13.8 Å². The second-order valence-electron chi connectivity index (χ2n) is 5.35. The SMILES string of the molecule is CCC1(CC)CC(Nc2c(Br)cncc2[N+](=O)[O-])CCO1. The third kappa shape index (κ3) is 3.52. The molecular weight excluding hydrogens is 338 g/mol. The van der Waals surface area contributed by atoms with Gasteiger partial charge in [0.2, 0.25) is 0 Å². The van der Waals surface area contributed by atoms with Gasteiger partial charge in [-0.15, -0.1) is 0 Å². The first-order valence-corrected chi connectivity index (χ1v) is 7.99. The summed E-state index contributed by atoms with van der Waals surface area (Å²) in [7, 11) is 0. The van der Waals surface area contributed by atoms with E-state index in [9.17, 15) is 10.1 Å². The van der Waals surface area contributed by atoms with Gasteiger partial charge in [0.1, 0.15) is 11.9 Å². The largest absolute Gasteiger partial charge is 0.376 e. The van der Waals surface area contributed by atoms with Gasteiger partial charge in [0.15, 0.2) is 0 Å². The van der Waals surface area contributed by atoms with Crippen LogP contribution in [0.3, 0.4) is 0 Å². The molecule has 1 aromatic heterocycles. The number of rotatable bonds is 5. The van der Waals surface area contributed by atoms with E-state index in [0.29, 0.717) is 16.8 Å². The minimum absolute atomic E-state index is 0.00513. The molecule has 1 N–H and O–H groups in total. The molecule has 1 aromatic rings. The third-order valence-electron chi connectivity index (χ3n) is 4.21. The standard InChI is InChI=1S/C14H20BrN3O3/c1-3-14(4-2)7-10(5-6-21-14)17-13-11(15)8-16-9-12(13)18(19)20/h8-10H,3-7H2,1-2H3,(H,16,17). The number of nitrogens with zero attached hydrogens (tertiary/aromatic N) is 2. The molecule has 6 nitrogen and oxygen atoms in total. The molecule has 2 rings (SSSR count). The fourth-order valence-electron chi connectivity index (χ4n) is 2.80. The summed E-state index contributed by atoms with van der Waals surface area (Å²) in [6.07, 6.45) is 6.43. The highest BCUT2D eigenvalue weighted by Crippen LogP contribution is 2.36. The second kappa shape index (κ2) is 6.70. The van der Waals surface area contributed by atoms with Crippen LogP contribution in [-0.2, 0) is 4.74 Å². The summed E-state index contributed by atoms with van der Waals surface area (Å²) in [5, 5.41) is 14.4. The Balaban J connectivity index is 2.20. The van der Waals surface area contributed by atoms with Crippen LogP contribution in [0.5, 0.6) is 0 Å². The van der Waals surface area contributed by atoms with Gasteiger partial charge in [-0.2, -0.15) is 0 Å². The summed E-state index contributed by atoms with van der Waals surface area (Å²) < 4.78 is 6.55. The number of ether oxygens (including phenoxy) is 1. The number of aromatic nitrogens is 1. The quantitative estimate of drug-likeness (QED) is 0.638. The van der Waals surface area contributed by atoms with Crippen LogP contribution in [0.15, 0.2) is 16.9 Å². The van der Waals surface area contributed by atoms with Gasteiger partial charge < -0.3 is 10.1 Å². The minimum atomic E-state index is -0.410. The minimum Gasteiger partial charge on any atom is -0.376 e. The highest BCUT2D eigenvalue weighted by Gasteiger charge is 2.35. The van der Waals surface area contributed by atoms with Crippen LogP contribution in [0.2, 0.25) is 0 Å². The third-order valence-corrected chi connectivity index (χ3v) is 4.81. The zero-order chi connectivity index (χ0) is 15.5. The maximum Gasteiger partial charge on any atom is 0.311 e. The molecule has 0 bridgehead atoms. The molecule has 1 saturated heterocycles. The van der Waals surface area contributed by atoms with Gasteiger partial charge in [0, 0.05) is 18.8 Å². The van der Waals surface area contributed by atoms with Gasteiger partial charge in [-0.25, -0.2) is 0 Å². The number of nitro groups is 1. The second-order valence-corrected chi connectivity index (χ2v) is 6.20. The van der Waals surface area contributed by atoms with Crippen molar-refractivity contribution in [3.63, 3.8) is 0 Å². The molecule has 21 heavy (non-hydrogen) atoms. The molecular formula is C14H20BrN3O3. The lowest BCUT2D eigenvalue weighted by atomic mass is 9.86. The van der Waals surface area contributed by atoms with Gasteiger partial charge >= 0.3 is 5.69 Å². The monoisotopic (exact) mass is 357 g/mol. The molecule has 0 spiro atoms. The Kier molecular flexibility index (Phi) is 5.16. The molecule has 1 atom stereocenters. The number of hydrogen-bond donors (Lipinski definition) is 1. The maximum atomic E-state index is 11.1. The average Bonchev–Trinajstić information content (AvgIpc) is 2.49. The van der Waals surface area contributed by atoms with Crippen LogP contribution >= 0.6 is 15.9 Å². The molecule has 1 fully saturated rings. The normalized spacial score (nSPS) is 21.0. The number of nitrogens with one attached hydrogen (secondary N) is 1. The van der Waals surface area contributed by atoms with Crippen LogP contribution in [0.4, 0.5) is 11.4 Å². The Morgan fingerprint density at radius 1 is 1.52 bits per heavy atom. The van der Waals surface area contributed by atoms with Gasteiger partial charge in [-0.3, -0.25) is 15.1 Å². The molecule has 0 saturated carbocycles. The Hall–Kier alpha value is -1.21. The zero-order valence-electron chi connectivity index (χ0n) is 12.3. The summed E-state index contributed by atoms with van der Waals surface area (Å²) in [5.41, 5.74) is 0.377. The molecule has 2 heterocycles.